The van der Waals surface area contributed by atoms with Crippen LogP contribution in [0.15, 0.2) is 72.8 Å². The summed E-state index contributed by atoms with van der Waals surface area (Å²) < 4.78 is 0. The maximum Gasteiger partial charge on any atom is -0.00761 e. The molecule has 0 saturated carbocycles. The Labute approximate surface area is 191 Å². The highest BCUT2D eigenvalue weighted by molar-refractivity contribution is 7.80. The Hall–Kier alpha value is -1.91. The van der Waals surface area contributed by atoms with Gasteiger partial charge in [0, 0.05) is 0 Å². The lowest BCUT2D eigenvalue weighted by Crippen LogP contribution is -2.35. The number of hydrogen-bond donors (Lipinski definition) is 0. The molecule has 164 valence electrons. The Bertz CT molecular complexity index is 935. The van der Waals surface area contributed by atoms with E-state index in [1.807, 2.05) is 0 Å². The highest BCUT2D eigenvalue weighted by Crippen LogP contribution is 2.43. The van der Waals surface area contributed by atoms with E-state index in [4.69, 9.17) is 0 Å². The number of rotatable bonds is 3. The first kappa shape index (κ1) is 23.7. The molecule has 0 nitrogen and oxygen atoms in total. The van der Waals surface area contributed by atoms with Crippen LogP contribution in [0.2, 0.25) is 0 Å². The second-order valence-electron chi connectivity index (χ2n) is 11.7. The Kier molecular flexibility index (Phi) is 6.55. The summed E-state index contributed by atoms with van der Waals surface area (Å²) in [4.78, 5) is 0. The van der Waals surface area contributed by atoms with Crippen molar-refractivity contribution in [3.63, 3.8) is 0 Å². The topological polar surface area (TPSA) is 0 Å². The van der Waals surface area contributed by atoms with Crippen molar-refractivity contribution in [1.82, 2.24) is 0 Å². The Morgan fingerprint density at radius 1 is 0.484 bits per heavy atom. The van der Waals surface area contributed by atoms with E-state index >= 15 is 0 Å². The zero-order valence-corrected chi connectivity index (χ0v) is 21.8. The van der Waals surface area contributed by atoms with Crippen LogP contribution in [0.1, 0.15) is 79.0 Å². The molecule has 0 atom stereocenters. The van der Waals surface area contributed by atoms with Crippen molar-refractivity contribution in [2.75, 3.05) is 0 Å². The van der Waals surface area contributed by atoms with Crippen LogP contribution in [0.25, 0.3) is 0 Å². The fourth-order valence-corrected chi connectivity index (χ4v) is 7.05. The van der Waals surface area contributed by atoms with Crippen LogP contribution < -0.4 is 15.9 Å². The lowest BCUT2D eigenvalue weighted by Gasteiger charge is -2.37. The predicted octanol–water partition coefficient (Wildman–Crippen LogP) is 7.34. The van der Waals surface area contributed by atoms with Gasteiger partial charge in [-0.1, -0.05) is 135 Å². The summed E-state index contributed by atoms with van der Waals surface area (Å²) in [6.07, 6.45) is 0. The highest BCUT2D eigenvalue weighted by atomic mass is 31.1. The molecule has 0 amide bonds. The van der Waals surface area contributed by atoms with E-state index in [0.717, 1.165) is 0 Å². The van der Waals surface area contributed by atoms with Gasteiger partial charge in [0.2, 0.25) is 0 Å². The molecule has 1 heteroatoms. The van der Waals surface area contributed by atoms with Gasteiger partial charge in [-0.15, -0.1) is 0 Å². The maximum atomic E-state index is 2.51. The molecule has 0 aliphatic rings. The number of hydrogen-bond acceptors (Lipinski definition) is 0. The van der Waals surface area contributed by atoms with E-state index in [9.17, 15) is 0 Å². The van der Waals surface area contributed by atoms with Crippen molar-refractivity contribution < 1.29 is 0 Å². The van der Waals surface area contributed by atoms with Gasteiger partial charge in [0.25, 0.3) is 0 Å². The largest absolute Gasteiger partial charge is 0.0622 e. The average molecular weight is 431 g/mol. The molecule has 3 rings (SSSR count). The maximum absolute atomic E-state index is 2.51. The van der Waals surface area contributed by atoms with Crippen molar-refractivity contribution in [3.8, 4) is 0 Å². The van der Waals surface area contributed by atoms with Crippen molar-refractivity contribution in [1.29, 1.82) is 0 Å². The first-order valence-electron chi connectivity index (χ1n) is 11.4. The van der Waals surface area contributed by atoms with Crippen LogP contribution in [0.3, 0.4) is 0 Å². The van der Waals surface area contributed by atoms with Crippen LogP contribution in [-0.4, -0.2) is 0 Å². The first-order chi connectivity index (χ1) is 14.3. The summed E-state index contributed by atoms with van der Waals surface area (Å²) in [5, 5.41) is 4.38. The Morgan fingerprint density at radius 3 is 1.13 bits per heavy atom. The monoisotopic (exact) mass is 430 g/mol. The second-order valence-corrected chi connectivity index (χ2v) is 13.8. The summed E-state index contributed by atoms with van der Waals surface area (Å²) in [7, 11) is -0.664. The van der Waals surface area contributed by atoms with Crippen LogP contribution in [0.5, 0.6) is 0 Å². The predicted molar refractivity (Wildman–Crippen MR) is 141 cm³/mol. The molecule has 0 aliphatic carbocycles. The Balaban J connectivity index is 2.48. The lowest BCUT2D eigenvalue weighted by atomic mass is 9.75. The molecule has 0 aromatic heterocycles. The van der Waals surface area contributed by atoms with Gasteiger partial charge in [-0.25, -0.2) is 0 Å². The van der Waals surface area contributed by atoms with E-state index < -0.39 is 7.92 Å². The number of benzene rings is 3. The van der Waals surface area contributed by atoms with Gasteiger partial charge >= 0.3 is 0 Å². The third-order valence-corrected chi connectivity index (χ3v) is 8.40. The second kappa shape index (κ2) is 8.55. The minimum Gasteiger partial charge on any atom is -0.0622 e. The van der Waals surface area contributed by atoms with Crippen LogP contribution in [-0.2, 0) is 16.2 Å². The van der Waals surface area contributed by atoms with Gasteiger partial charge in [-0.05, 0) is 56.8 Å². The fourth-order valence-electron chi connectivity index (χ4n) is 4.01. The summed E-state index contributed by atoms with van der Waals surface area (Å²) in [5.74, 6) is 0. The van der Waals surface area contributed by atoms with Gasteiger partial charge in [0.05, 0.1) is 0 Å². The molecule has 0 fully saturated rings. The SMILES string of the molecule is CC(C)(C)c1cc(C(C)(C)C)c(P(c2ccccc2)c2ccccc2)c(C(C)(C)C)c1. The quantitative estimate of drug-likeness (QED) is 0.381. The summed E-state index contributed by atoms with van der Waals surface area (Å²) in [6, 6.07) is 27.3. The molecule has 31 heavy (non-hydrogen) atoms. The zero-order valence-electron chi connectivity index (χ0n) is 20.9. The smallest absolute Gasteiger partial charge is 0.00761 e. The molecule has 0 spiro atoms. The van der Waals surface area contributed by atoms with Crippen molar-refractivity contribution in [2.45, 2.75) is 78.6 Å². The molecule has 0 heterocycles. The molecule has 0 bridgehead atoms. The summed E-state index contributed by atoms with van der Waals surface area (Å²) in [5.41, 5.74) is 4.64. The van der Waals surface area contributed by atoms with Crippen LogP contribution in [0.4, 0.5) is 0 Å². The van der Waals surface area contributed by atoms with E-state index in [0.29, 0.717) is 0 Å². The molecular formula is C30H39P. The van der Waals surface area contributed by atoms with Gasteiger partial charge < -0.3 is 0 Å². The minimum absolute atomic E-state index is 0.0563. The first-order valence-corrected chi connectivity index (χ1v) is 12.7. The van der Waals surface area contributed by atoms with Gasteiger partial charge in [0.1, 0.15) is 0 Å². The summed E-state index contributed by atoms with van der Waals surface area (Å²) in [6.45, 7) is 21.2. The lowest BCUT2D eigenvalue weighted by molar-refractivity contribution is 0.553. The molecular weight excluding hydrogens is 391 g/mol. The van der Waals surface area contributed by atoms with Gasteiger partial charge in [-0.3, -0.25) is 0 Å². The third kappa shape index (κ3) is 5.30. The standard InChI is InChI=1S/C30H39P/c1-28(2,3)22-20-25(29(4,5)6)27(26(21-22)30(7,8)9)31(23-16-12-10-13-17-23)24-18-14-11-15-19-24/h10-21H,1-9H3. The molecule has 3 aromatic carbocycles. The highest BCUT2D eigenvalue weighted by Gasteiger charge is 2.33. The summed E-state index contributed by atoms with van der Waals surface area (Å²) >= 11 is 0. The third-order valence-electron chi connectivity index (χ3n) is 5.84. The van der Waals surface area contributed by atoms with E-state index in [2.05, 4.69) is 135 Å². The van der Waals surface area contributed by atoms with Crippen molar-refractivity contribution in [2.24, 2.45) is 0 Å². The van der Waals surface area contributed by atoms with Crippen LogP contribution in [0, 0.1) is 0 Å². The molecule has 3 aromatic rings. The zero-order chi connectivity index (χ0) is 23.0. The van der Waals surface area contributed by atoms with E-state index in [1.165, 1.54) is 27.3 Å². The van der Waals surface area contributed by atoms with Gasteiger partial charge in [0.15, 0.2) is 0 Å². The van der Waals surface area contributed by atoms with Crippen LogP contribution >= 0.6 is 7.92 Å². The van der Waals surface area contributed by atoms with Crippen molar-refractivity contribution >= 4 is 23.8 Å². The molecule has 0 aliphatic heterocycles. The van der Waals surface area contributed by atoms with E-state index in [1.54, 1.807) is 5.30 Å². The van der Waals surface area contributed by atoms with Crippen molar-refractivity contribution in [3.05, 3.63) is 89.5 Å². The van der Waals surface area contributed by atoms with E-state index in [-0.39, 0.29) is 16.2 Å². The van der Waals surface area contributed by atoms with Gasteiger partial charge in [-0.2, -0.15) is 0 Å². The average Bonchev–Trinajstić information content (AvgIpc) is 2.67. The molecule has 0 N–H and O–H groups in total. The Morgan fingerprint density at radius 2 is 0.839 bits per heavy atom. The molecule has 0 unspecified atom stereocenters. The fraction of sp³-hybridized carbons (Fsp3) is 0.400. The minimum atomic E-state index is -0.664. The molecule has 0 saturated heterocycles. The molecule has 0 radical (unpaired) electrons. The normalized spacial score (nSPS) is 13.0.